The predicted molar refractivity (Wildman–Crippen MR) is 96.4 cm³/mol. The molecule has 0 spiro atoms. The van der Waals surface area contributed by atoms with E-state index in [9.17, 15) is 9.59 Å². The molecule has 2 aromatic heterocycles. The average molecular weight is 361 g/mol. The van der Waals surface area contributed by atoms with Gasteiger partial charge in [-0.05, 0) is 44.1 Å². The molecule has 0 bridgehead atoms. The molecular formula is C18H23N3O3S. The summed E-state index contributed by atoms with van der Waals surface area (Å²) in [6, 6.07) is 5.85. The van der Waals surface area contributed by atoms with Crippen LogP contribution in [0.2, 0.25) is 0 Å². The number of carbonyl (C=O) groups excluding carboxylic acids is 2. The maximum Gasteiger partial charge on any atom is 0.228 e. The van der Waals surface area contributed by atoms with Gasteiger partial charge in [0.25, 0.3) is 0 Å². The zero-order chi connectivity index (χ0) is 17.6. The van der Waals surface area contributed by atoms with Crippen LogP contribution in [0.4, 0.5) is 5.82 Å². The molecule has 1 saturated heterocycles. The lowest BCUT2D eigenvalue weighted by Gasteiger charge is -2.31. The normalized spacial score (nSPS) is 15.3. The Morgan fingerprint density at radius 2 is 2.20 bits per heavy atom. The Morgan fingerprint density at radius 1 is 1.40 bits per heavy atom. The van der Waals surface area contributed by atoms with E-state index in [2.05, 4.69) is 21.9 Å². The summed E-state index contributed by atoms with van der Waals surface area (Å²) in [6.45, 7) is 3.08. The number of piperidine rings is 1. The van der Waals surface area contributed by atoms with Gasteiger partial charge in [0.15, 0.2) is 5.82 Å². The molecule has 1 aliphatic rings. The fraction of sp³-hybridized carbons (Fsp3) is 0.500. The second kappa shape index (κ2) is 8.29. The van der Waals surface area contributed by atoms with Gasteiger partial charge < -0.3 is 14.7 Å². The molecule has 3 heterocycles. The van der Waals surface area contributed by atoms with Gasteiger partial charge in [-0.2, -0.15) is 0 Å². The van der Waals surface area contributed by atoms with Gasteiger partial charge in [-0.15, -0.1) is 11.3 Å². The van der Waals surface area contributed by atoms with E-state index < -0.39 is 0 Å². The number of aromatic nitrogens is 1. The van der Waals surface area contributed by atoms with E-state index in [1.807, 2.05) is 11.0 Å². The van der Waals surface area contributed by atoms with Crippen molar-refractivity contribution in [3.8, 4) is 0 Å². The average Bonchev–Trinajstić information content (AvgIpc) is 3.27. The van der Waals surface area contributed by atoms with Crippen LogP contribution in [0.15, 0.2) is 28.1 Å². The van der Waals surface area contributed by atoms with E-state index in [-0.39, 0.29) is 17.7 Å². The monoisotopic (exact) mass is 361 g/mol. The highest BCUT2D eigenvalue weighted by Crippen LogP contribution is 2.21. The van der Waals surface area contributed by atoms with Crippen LogP contribution < -0.4 is 5.32 Å². The molecule has 2 aromatic rings. The van der Waals surface area contributed by atoms with Gasteiger partial charge in [0, 0.05) is 36.4 Å². The first-order valence-electron chi connectivity index (χ1n) is 8.66. The third kappa shape index (κ3) is 4.92. The number of amides is 2. The first kappa shape index (κ1) is 17.7. The molecule has 0 aliphatic carbocycles. The van der Waals surface area contributed by atoms with Gasteiger partial charge in [-0.25, -0.2) is 0 Å². The van der Waals surface area contributed by atoms with Crippen molar-refractivity contribution in [1.29, 1.82) is 0 Å². The van der Waals surface area contributed by atoms with Gasteiger partial charge in [0.05, 0.1) is 0 Å². The number of rotatable bonds is 6. The van der Waals surface area contributed by atoms with Crippen molar-refractivity contribution in [2.45, 2.75) is 39.0 Å². The lowest BCUT2D eigenvalue weighted by atomic mass is 9.95. The van der Waals surface area contributed by atoms with Gasteiger partial charge in [0.1, 0.15) is 5.76 Å². The molecular weight excluding hydrogens is 338 g/mol. The Hall–Kier alpha value is -2.15. The minimum atomic E-state index is -0.0767. The Bertz CT molecular complexity index is 703. The summed E-state index contributed by atoms with van der Waals surface area (Å²) in [5.41, 5.74) is 0. The van der Waals surface area contributed by atoms with Crippen LogP contribution in [0.25, 0.3) is 0 Å². The molecule has 134 valence electrons. The van der Waals surface area contributed by atoms with Crippen LogP contribution in [0.3, 0.4) is 0 Å². The molecule has 0 atom stereocenters. The highest BCUT2D eigenvalue weighted by molar-refractivity contribution is 7.09. The van der Waals surface area contributed by atoms with E-state index in [0.29, 0.717) is 43.9 Å². The van der Waals surface area contributed by atoms with Gasteiger partial charge >= 0.3 is 0 Å². The molecule has 0 unspecified atom stereocenters. The van der Waals surface area contributed by atoms with Crippen molar-refractivity contribution < 1.29 is 14.1 Å². The van der Waals surface area contributed by atoms with Crippen LogP contribution in [-0.4, -0.2) is 35.0 Å². The van der Waals surface area contributed by atoms with E-state index in [1.165, 1.54) is 4.88 Å². The number of likely N-dealkylation sites (tertiary alicyclic amines) is 1. The van der Waals surface area contributed by atoms with Crippen LogP contribution in [0.5, 0.6) is 0 Å². The first-order valence-corrected chi connectivity index (χ1v) is 9.54. The van der Waals surface area contributed by atoms with Crippen molar-refractivity contribution in [3.05, 3.63) is 34.2 Å². The molecule has 0 aromatic carbocycles. The Labute approximate surface area is 151 Å². The van der Waals surface area contributed by atoms with Crippen molar-refractivity contribution in [1.82, 2.24) is 10.1 Å². The van der Waals surface area contributed by atoms with Crippen LogP contribution >= 0.6 is 11.3 Å². The van der Waals surface area contributed by atoms with Crippen LogP contribution in [0, 0.1) is 12.8 Å². The summed E-state index contributed by atoms with van der Waals surface area (Å²) in [5, 5.41) is 8.62. The second-order valence-corrected chi connectivity index (χ2v) is 7.43. The number of nitrogens with zero attached hydrogens (tertiary/aromatic N) is 2. The number of nitrogens with one attached hydrogen (secondary N) is 1. The van der Waals surface area contributed by atoms with Crippen LogP contribution in [0.1, 0.15) is 36.3 Å². The smallest absolute Gasteiger partial charge is 0.228 e. The lowest BCUT2D eigenvalue weighted by Crippen LogP contribution is -2.41. The van der Waals surface area contributed by atoms with Gasteiger partial charge in [0.2, 0.25) is 11.8 Å². The topological polar surface area (TPSA) is 75.4 Å². The van der Waals surface area contributed by atoms with Crippen molar-refractivity contribution in [2.75, 3.05) is 18.4 Å². The predicted octanol–water partition coefficient (Wildman–Crippen LogP) is 3.24. The second-order valence-electron chi connectivity index (χ2n) is 6.40. The molecule has 7 heteroatoms. The SMILES string of the molecule is Cc1cc(NC(=O)C2CCN(C(=O)CCCc3cccs3)CC2)no1. The molecule has 25 heavy (non-hydrogen) atoms. The van der Waals surface area contributed by atoms with Gasteiger partial charge in [-0.1, -0.05) is 11.2 Å². The molecule has 2 amide bonds. The molecule has 1 fully saturated rings. The largest absolute Gasteiger partial charge is 0.360 e. The molecule has 1 N–H and O–H groups in total. The standard InChI is InChI=1S/C18H23N3O3S/c1-13-12-16(20-24-13)19-18(23)14-7-9-21(10-8-14)17(22)6-2-4-15-5-3-11-25-15/h3,5,11-12,14H,2,4,6-10H2,1H3,(H,19,20,23). The fourth-order valence-electron chi connectivity index (χ4n) is 3.07. The summed E-state index contributed by atoms with van der Waals surface area (Å²) in [7, 11) is 0. The third-order valence-electron chi connectivity index (χ3n) is 4.49. The number of hydrogen-bond acceptors (Lipinski definition) is 5. The van der Waals surface area contributed by atoms with E-state index >= 15 is 0 Å². The maximum absolute atomic E-state index is 12.3. The molecule has 0 saturated carbocycles. The number of thiophene rings is 1. The zero-order valence-corrected chi connectivity index (χ0v) is 15.2. The Kier molecular flexibility index (Phi) is 5.86. The number of anilines is 1. The summed E-state index contributed by atoms with van der Waals surface area (Å²) in [5.74, 6) is 1.20. The highest BCUT2D eigenvalue weighted by Gasteiger charge is 2.27. The quantitative estimate of drug-likeness (QED) is 0.857. The Morgan fingerprint density at radius 3 is 2.84 bits per heavy atom. The summed E-state index contributed by atoms with van der Waals surface area (Å²) < 4.78 is 4.95. The minimum Gasteiger partial charge on any atom is -0.360 e. The van der Waals surface area contributed by atoms with Crippen LogP contribution in [-0.2, 0) is 16.0 Å². The van der Waals surface area contributed by atoms with Crippen molar-refractivity contribution >= 4 is 29.0 Å². The van der Waals surface area contributed by atoms with Gasteiger partial charge in [-0.3, -0.25) is 9.59 Å². The van der Waals surface area contributed by atoms with E-state index in [1.54, 1.807) is 24.3 Å². The van der Waals surface area contributed by atoms with Crippen molar-refractivity contribution in [2.24, 2.45) is 5.92 Å². The Balaban J connectivity index is 1.38. The van der Waals surface area contributed by atoms with E-state index in [4.69, 9.17) is 4.52 Å². The maximum atomic E-state index is 12.3. The summed E-state index contributed by atoms with van der Waals surface area (Å²) in [4.78, 5) is 27.8. The molecule has 3 rings (SSSR count). The minimum absolute atomic E-state index is 0.0434. The highest BCUT2D eigenvalue weighted by atomic mass is 32.1. The first-order chi connectivity index (χ1) is 12.1. The van der Waals surface area contributed by atoms with Crippen molar-refractivity contribution in [3.63, 3.8) is 0 Å². The van der Waals surface area contributed by atoms with E-state index in [0.717, 1.165) is 12.8 Å². The molecule has 6 nitrogen and oxygen atoms in total. The third-order valence-corrected chi connectivity index (χ3v) is 5.43. The molecule has 1 aliphatic heterocycles. The number of carbonyl (C=O) groups is 2. The zero-order valence-electron chi connectivity index (χ0n) is 14.4. The molecule has 0 radical (unpaired) electrons. The fourth-order valence-corrected chi connectivity index (χ4v) is 3.82. The lowest BCUT2D eigenvalue weighted by molar-refractivity contribution is -0.134. The number of hydrogen-bond donors (Lipinski definition) is 1. The number of aryl methyl sites for hydroxylation is 2. The summed E-state index contributed by atoms with van der Waals surface area (Å²) in [6.07, 6.45) is 3.80. The summed E-state index contributed by atoms with van der Waals surface area (Å²) >= 11 is 1.73.